The van der Waals surface area contributed by atoms with E-state index in [1.807, 2.05) is 48.5 Å². The van der Waals surface area contributed by atoms with Crippen molar-refractivity contribution in [2.75, 3.05) is 36.0 Å². The van der Waals surface area contributed by atoms with Crippen molar-refractivity contribution in [3.8, 4) is 6.07 Å². The van der Waals surface area contributed by atoms with Gasteiger partial charge in [0.2, 0.25) is 0 Å². The van der Waals surface area contributed by atoms with Crippen molar-refractivity contribution < 1.29 is 4.79 Å². The Morgan fingerprint density at radius 1 is 0.926 bits per heavy atom. The summed E-state index contributed by atoms with van der Waals surface area (Å²) in [6, 6.07) is 17.5. The van der Waals surface area contributed by atoms with Crippen LogP contribution in [-0.4, -0.2) is 41.9 Å². The van der Waals surface area contributed by atoms with Gasteiger partial charge in [-0.25, -0.2) is 9.97 Å². The van der Waals surface area contributed by atoms with Crippen molar-refractivity contribution in [2.45, 2.75) is 6.92 Å². The summed E-state index contributed by atoms with van der Waals surface area (Å²) in [7, 11) is 0. The van der Waals surface area contributed by atoms with Crippen molar-refractivity contribution in [3.05, 3.63) is 59.8 Å². The Hall–Kier alpha value is -3.46. The topological polar surface area (TPSA) is 73.1 Å². The highest BCUT2D eigenvalue weighted by molar-refractivity contribution is 5.94. The highest BCUT2D eigenvalue weighted by Gasteiger charge is 2.22. The van der Waals surface area contributed by atoms with E-state index in [0.29, 0.717) is 11.5 Å². The van der Waals surface area contributed by atoms with Crippen molar-refractivity contribution >= 4 is 28.3 Å². The summed E-state index contributed by atoms with van der Waals surface area (Å²) in [5.74, 6) is 0.730. The molecule has 0 atom stereocenters. The van der Waals surface area contributed by atoms with Gasteiger partial charge in [0.1, 0.15) is 6.07 Å². The summed E-state index contributed by atoms with van der Waals surface area (Å²) >= 11 is 0. The van der Waals surface area contributed by atoms with Gasteiger partial charge < -0.3 is 9.80 Å². The Labute approximate surface area is 157 Å². The minimum atomic E-state index is 0.0743. The number of carbonyl (C=O) groups is 1. The number of hydrogen-bond donors (Lipinski definition) is 0. The molecule has 134 valence electrons. The molecule has 27 heavy (non-hydrogen) atoms. The lowest BCUT2D eigenvalue weighted by atomic mass is 10.1. The monoisotopic (exact) mass is 357 g/mol. The summed E-state index contributed by atoms with van der Waals surface area (Å²) in [4.78, 5) is 25.0. The fourth-order valence-corrected chi connectivity index (χ4v) is 3.37. The third kappa shape index (κ3) is 3.32. The molecule has 0 N–H and O–H groups in total. The molecule has 0 amide bonds. The van der Waals surface area contributed by atoms with E-state index in [0.717, 1.165) is 48.5 Å². The molecule has 6 nitrogen and oxygen atoms in total. The number of hydrogen-bond acceptors (Lipinski definition) is 6. The first kappa shape index (κ1) is 17.0. The smallest absolute Gasteiger partial charge is 0.183 e. The average molecular weight is 357 g/mol. The van der Waals surface area contributed by atoms with Gasteiger partial charge in [-0.3, -0.25) is 4.79 Å². The summed E-state index contributed by atoms with van der Waals surface area (Å²) < 4.78 is 0. The van der Waals surface area contributed by atoms with Gasteiger partial charge >= 0.3 is 0 Å². The van der Waals surface area contributed by atoms with Gasteiger partial charge in [0.05, 0.1) is 11.0 Å². The molecule has 3 aromatic rings. The summed E-state index contributed by atoms with van der Waals surface area (Å²) in [6.07, 6.45) is 0. The molecule has 0 radical (unpaired) electrons. The third-order valence-corrected chi connectivity index (χ3v) is 4.88. The quantitative estimate of drug-likeness (QED) is 0.671. The van der Waals surface area contributed by atoms with E-state index >= 15 is 0 Å². The highest BCUT2D eigenvalue weighted by atomic mass is 16.1. The molecule has 0 unspecified atom stereocenters. The van der Waals surface area contributed by atoms with E-state index < -0.39 is 0 Å². The number of anilines is 2. The molecular weight excluding hydrogens is 338 g/mol. The SMILES string of the molecule is CC(=O)c1ccc(N2CCN(c3nc4ccccc4nc3C#N)CC2)cc1. The Bertz CT molecular complexity index is 1030. The van der Waals surface area contributed by atoms with Gasteiger partial charge in [-0.1, -0.05) is 12.1 Å². The maximum absolute atomic E-state index is 11.4. The van der Waals surface area contributed by atoms with Crippen molar-refractivity contribution in [1.29, 1.82) is 5.26 Å². The molecule has 2 heterocycles. The molecule has 1 fully saturated rings. The van der Waals surface area contributed by atoms with Crippen LogP contribution in [0.15, 0.2) is 48.5 Å². The molecule has 1 saturated heterocycles. The van der Waals surface area contributed by atoms with E-state index in [1.165, 1.54) is 0 Å². The van der Waals surface area contributed by atoms with Crippen LogP contribution >= 0.6 is 0 Å². The highest BCUT2D eigenvalue weighted by Crippen LogP contribution is 2.23. The Balaban J connectivity index is 1.53. The van der Waals surface area contributed by atoms with E-state index in [4.69, 9.17) is 0 Å². The standard InChI is InChI=1S/C21H19N5O/c1-15(27)16-6-8-17(9-7-16)25-10-12-26(13-11-25)21-20(14-22)23-18-4-2-3-5-19(18)24-21/h2-9H,10-13H2,1H3. The van der Waals surface area contributed by atoms with E-state index in [1.54, 1.807) is 6.92 Å². The van der Waals surface area contributed by atoms with Crippen LogP contribution in [-0.2, 0) is 0 Å². The maximum Gasteiger partial charge on any atom is 0.183 e. The van der Waals surface area contributed by atoms with Crippen molar-refractivity contribution in [2.24, 2.45) is 0 Å². The number of ketones is 1. The molecule has 6 heteroatoms. The Morgan fingerprint density at radius 3 is 2.11 bits per heavy atom. The number of fused-ring (bicyclic) bond motifs is 1. The second-order valence-electron chi connectivity index (χ2n) is 6.57. The lowest BCUT2D eigenvalue weighted by Crippen LogP contribution is -2.47. The summed E-state index contributed by atoms with van der Waals surface area (Å²) in [6.45, 7) is 4.73. The molecular formula is C21H19N5O. The van der Waals surface area contributed by atoms with E-state index in [9.17, 15) is 10.1 Å². The molecule has 0 spiro atoms. The van der Waals surface area contributed by atoms with Crippen LogP contribution < -0.4 is 9.80 Å². The predicted molar refractivity (Wildman–Crippen MR) is 105 cm³/mol. The van der Waals surface area contributed by atoms with E-state index in [-0.39, 0.29) is 5.78 Å². The van der Waals surface area contributed by atoms with Crippen LogP contribution in [0.1, 0.15) is 23.0 Å². The zero-order chi connectivity index (χ0) is 18.8. The van der Waals surface area contributed by atoms with Crippen molar-refractivity contribution in [1.82, 2.24) is 9.97 Å². The summed E-state index contributed by atoms with van der Waals surface area (Å²) in [5, 5.41) is 9.49. The average Bonchev–Trinajstić information content (AvgIpc) is 2.73. The number of carbonyl (C=O) groups excluding carboxylic acids is 1. The van der Waals surface area contributed by atoms with Gasteiger partial charge in [-0.15, -0.1) is 0 Å². The first-order valence-corrected chi connectivity index (χ1v) is 8.93. The minimum absolute atomic E-state index is 0.0743. The van der Waals surface area contributed by atoms with Crippen LogP contribution in [0, 0.1) is 11.3 Å². The number of benzene rings is 2. The number of nitriles is 1. The predicted octanol–water partition coefficient (Wildman–Crippen LogP) is 3.03. The normalized spacial score (nSPS) is 14.2. The molecule has 1 aliphatic rings. The zero-order valence-corrected chi connectivity index (χ0v) is 15.1. The van der Waals surface area contributed by atoms with Gasteiger partial charge in [-0.05, 0) is 43.3 Å². The van der Waals surface area contributed by atoms with Crippen LogP contribution in [0.5, 0.6) is 0 Å². The maximum atomic E-state index is 11.4. The Kier molecular flexibility index (Phi) is 4.43. The summed E-state index contributed by atoms with van der Waals surface area (Å²) in [5.41, 5.74) is 3.73. The molecule has 1 aliphatic heterocycles. The third-order valence-electron chi connectivity index (χ3n) is 4.88. The molecule has 0 saturated carbocycles. The molecule has 4 rings (SSSR count). The number of nitrogens with zero attached hydrogens (tertiary/aromatic N) is 5. The van der Waals surface area contributed by atoms with E-state index in [2.05, 4.69) is 25.8 Å². The van der Waals surface area contributed by atoms with Gasteiger partial charge in [0, 0.05) is 37.4 Å². The molecule has 0 bridgehead atoms. The van der Waals surface area contributed by atoms with Crippen LogP contribution in [0.25, 0.3) is 11.0 Å². The molecule has 2 aromatic carbocycles. The number of Topliss-reactive ketones (excluding diaryl/α,β-unsaturated/α-hetero) is 1. The number of rotatable bonds is 3. The van der Waals surface area contributed by atoms with Crippen LogP contribution in [0.2, 0.25) is 0 Å². The fraction of sp³-hybridized carbons (Fsp3) is 0.238. The van der Waals surface area contributed by atoms with Crippen molar-refractivity contribution in [3.63, 3.8) is 0 Å². The lowest BCUT2D eigenvalue weighted by Gasteiger charge is -2.36. The van der Waals surface area contributed by atoms with Crippen LogP contribution in [0.3, 0.4) is 0 Å². The van der Waals surface area contributed by atoms with Gasteiger partial charge in [-0.2, -0.15) is 5.26 Å². The fourth-order valence-electron chi connectivity index (χ4n) is 3.37. The zero-order valence-electron chi connectivity index (χ0n) is 15.1. The molecule has 0 aliphatic carbocycles. The number of para-hydroxylation sites is 2. The second kappa shape index (κ2) is 7.04. The number of piperazine rings is 1. The minimum Gasteiger partial charge on any atom is -0.368 e. The van der Waals surface area contributed by atoms with Gasteiger partial charge in [0.15, 0.2) is 17.3 Å². The molecule has 1 aromatic heterocycles. The number of aromatic nitrogens is 2. The second-order valence-corrected chi connectivity index (χ2v) is 6.57. The van der Waals surface area contributed by atoms with Crippen LogP contribution in [0.4, 0.5) is 11.5 Å². The first-order chi connectivity index (χ1) is 13.2. The Morgan fingerprint density at radius 2 is 1.52 bits per heavy atom. The first-order valence-electron chi connectivity index (χ1n) is 8.93. The largest absolute Gasteiger partial charge is 0.368 e. The lowest BCUT2D eigenvalue weighted by molar-refractivity contribution is 0.101. The van der Waals surface area contributed by atoms with Gasteiger partial charge in [0.25, 0.3) is 0 Å².